The molecular formula is C14H18ClF2N. The molecule has 1 saturated carbocycles. The van der Waals surface area contributed by atoms with Gasteiger partial charge >= 0.3 is 0 Å². The molecule has 18 heavy (non-hydrogen) atoms. The van der Waals surface area contributed by atoms with Crippen molar-refractivity contribution in [2.75, 3.05) is 6.54 Å². The summed E-state index contributed by atoms with van der Waals surface area (Å²) in [7, 11) is 0. The molecule has 0 aliphatic heterocycles. The van der Waals surface area contributed by atoms with E-state index in [2.05, 4.69) is 5.32 Å². The molecule has 1 fully saturated rings. The quantitative estimate of drug-likeness (QED) is 0.864. The molecule has 1 aromatic carbocycles. The van der Waals surface area contributed by atoms with Crippen LogP contribution in [0.4, 0.5) is 8.78 Å². The summed E-state index contributed by atoms with van der Waals surface area (Å²) in [5, 5.41) is 3.95. The van der Waals surface area contributed by atoms with Crippen molar-refractivity contribution < 1.29 is 8.78 Å². The number of benzene rings is 1. The van der Waals surface area contributed by atoms with Gasteiger partial charge in [-0.25, -0.2) is 8.78 Å². The Morgan fingerprint density at radius 1 is 1.33 bits per heavy atom. The molecule has 0 radical (unpaired) electrons. The summed E-state index contributed by atoms with van der Waals surface area (Å²) in [5.74, 6) is -2.38. The third-order valence-electron chi connectivity index (χ3n) is 3.45. The lowest BCUT2D eigenvalue weighted by molar-refractivity contribution is -0.0520. The molecule has 1 aliphatic carbocycles. The van der Waals surface area contributed by atoms with Crippen LogP contribution in [0.1, 0.15) is 31.2 Å². The molecule has 0 spiro atoms. The molecule has 0 aromatic heterocycles. The standard InChI is InChI=1S/C14H18ClF2N/c15-13-6-2-1-5-12(13)10-18-9-11-4-3-7-14(16,17)8-11/h1-2,5-6,11,18H,3-4,7-10H2. The lowest BCUT2D eigenvalue weighted by Gasteiger charge is -2.29. The smallest absolute Gasteiger partial charge is 0.248 e. The predicted octanol–water partition coefficient (Wildman–Crippen LogP) is 4.26. The van der Waals surface area contributed by atoms with Crippen molar-refractivity contribution in [3.63, 3.8) is 0 Å². The number of hydrogen-bond acceptors (Lipinski definition) is 1. The van der Waals surface area contributed by atoms with Crippen molar-refractivity contribution in [1.29, 1.82) is 0 Å². The van der Waals surface area contributed by atoms with Crippen LogP contribution >= 0.6 is 11.6 Å². The Morgan fingerprint density at radius 3 is 2.83 bits per heavy atom. The topological polar surface area (TPSA) is 12.0 Å². The summed E-state index contributed by atoms with van der Waals surface area (Å²) in [6.07, 6.45) is 1.59. The van der Waals surface area contributed by atoms with Gasteiger partial charge in [0.25, 0.3) is 0 Å². The lowest BCUT2D eigenvalue weighted by Crippen LogP contribution is -2.32. The van der Waals surface area contributed by atoms with Crippen LogP contribution in [0.2, 0.25) is 5.02 Å². The van der Waals surface area contributed by atoms with E-state index < -0.39 is 5.92 Å². The van der Waals surface area contributed by atoms with Crippen molar-refractivity contribution in [2.24, 2.45) is 5.92 Å². The highest BCUT2D eigenvalue weighted by molar-refractivity contribution is 6.31. The zero-order valence-electron chi connectivity index (χ0n) is 10.3. The Balaban J connectivity index is 1.77. The van der Waals surface area contributed by atoms with E-state index in [0.29, 0.717) is 19.5 Å². The number of rotatable bonds is 4. The zero-order chi connectivity index (χ0) is 13.0. The fourth-order valence-electron chi connectivity index (χ4n) is 2.50. The van der Waals surface area contributed by atoms with Gasteiger partial charge in [-0.2, -0.15) is 0 Å². The van der Waals surface area contributed by atoms with Crippen molar-refractivity contribution in [2.45, 2.75) is 38.2 Å². The Hall–Kier alpha value is -0.670. The van der Waals surface area contributed by atoms with Crippen LogP contribution in [0, 0.1) is 5.92 Å². The molecule has 4 heteroatoms. The summed E-state index contributed by atoms with van der Waals surface area (Å²) < 4.78 is 26.4. The maximum Gasteiger partial charge on any atom is 0.248 e. The number of halogens is 3. The minimum atomic E-state index is -2.46. The van der Waals surface area contributed by atoms with Crippen molar-refractivity contribution >= 4 is 11.6 Å². The number of alkyl halides is 2. The van der Waals surface area contributed by atoms with Crippen molar-refractivity contribution in [3.05, 3.63) is 34.9 Å². The Kier molecular flexibility index (Phi) is 4.57. The molecule has 1 aliphatic rings. The zero-order valence-corrected chi connectivity index (χ0v) is 11.0. The van der Waals surface area contributed by atoms with Gasteiger partial charge in [-0.05, 0) is 36.9 Å². The third-order valence-corrected chi connectivity index (χ3v) is 3.82. The Labute approximate surface area is 112 Å². The van der Waals surface area contributed by atoms with Crippen molar-refractivity contribution in [3.8, 4) is 0 Å². The maximum absolute atomic E-state index is 13.2. The van der Waals surface area contributed by atoms with E-state index in [1.807, 2.05) is 24.3 Å². The van der Waals surface area contributed by atoms with E-state index in [9.17, 15) is 8.78 Å². The van der Waals surface area contributed by atoms with Gasteiger partial charge in [0.2, 0.25) is 5.92 Å². The highest BCUT2D eigenvalue weighted by Crippen LogP contribution is 2.36. The fourth-order valence-corrected chi connectivity index (χ4v) is 2.71. The first-order valence-corrected chi connectivity index (χ1v) is 6.76. The number of hydrogen-bond donors (Lipinski definition) is 1. The highest BCUT2D eigenvalue weighted by atomic mass is 35.5. The molecule has 0 saturated heterocycles. The highest BCUT2D eigenvalue weighted by Gasteiger charge is 2.35. The largest absolute Gasteiger partial charge is 0.312 e. The first kappa shape index (κ1) is 13.8. The second kappa shape index (κ2) is 5.98. The third kappa shape index (κ3) is 3.92. The molecule has 0 bridgehead atoms. The van der Waals surface area contributed by atoms with Crippen LogP contribution in [-0.2, 0) is 6.54 Å². The average molecular weight is 274 g/mol. The maximum atomic E-state index is 13.2. The summed E-state index contributed by atoms with van der Waals surface area (Å²) >= 11 is 6.03. The van der Waals surface area contributed by atoms with Crippen LogP contribution in [0.3, 0.4) is 0 Å². The minimum Gasteiger partial charge on any atom is -0.312 e. The normalized spacial score (nSPS) is 22.9. The van der Waals surface area contributed by atoms with E-state index in [4.69, 9.17) is 11.6 Å². The van der Waals surface area contributed by atoms with Gasteiger partial charge in [-0.1, -0.05) is 29.8 Å². The van der Waals surface area contributed by atoms with Gasteiger partial charge in [0.1, 0.15) is 0 Å². The molecule has 1 unspecified atom stereocenters. The van der Waals surface area contributed by atoms with Crippen LogP contribution in [-0.4, -0.2) is 12.5 Å². The van der Waals surface area contributed by atoms with E-state index in [1.165, 1.54) is 0 Å². The van der Waals surface area contributed by atoms with Gasteiger partial charge in [0, 0.05) is 24.4 Å². The summed E-state index contributed by atoms with van der Waals surface area (Å²) in [5.41, 5.74) is 1.02. The first-order chi connectivity index (χ1) is 8.57. The molecule has 2 rings (SSSR count). The number of nitrogens with one attached hydrogen (secondary N) is 1. The average Bonchev–Trinajstić information content (AvgIpc) is 2.30. The first-order valence-electron chi connectivity index (χ1n) is 6.39. The monoisotopic (exact) mass is 273 g/mol. The Bertz CT molecular complexity index is 395. The van der Waals surface area contributed by atoms with Crippen LogP contribution in [0.5, 0.6) is 0 Å². The molecule has 1 aromatic rings. The summed E-state index contributed by atoms with van der Waals surface area (Å²) in [6.45, 7) is 1.28. The van der Waals surface area contributed by atoms with Crippen molar-refractivity contribution in [1.82, 2.24) is 5.32 Å². The van der Waals surface area contributed by atoms with Crippen LogP contribution in [0.15, 0.2) is 24.3 Å². The predicted molar refractivity (Wildman–Crippen MR) is 70.1 cm³/mol. The van der Waals surface area contributed by atoms with Gasteiger partial charge in [0.05, 0.1) is 0 Å². The second-order valence-electron chi connectivity index (χ2n) is 5.04. The van der Waals surface area contributed by atoms with Gasteiger partial charge < -0.3 is 5.32 Å². The molecular weight excluding hydrogens is 256 g/mol. The molecule has 1 N–H and O–H groups in total. The van der Waals surface area contributed by atoms with E-state index in [0.717, 1.165) is 17.0 Å². The molecule has 0 heterocycles. The van der Waals surface area contributed by atoms with Gasteiger partial charge in [-0.3, -0.25) is 0 Å². The van der Waals surface area contributed by atoms with Crippen LogP contribution < -0.4 is 5.32 Å². The van der Waals surface area contributed by atoms with E-state index in [-0.39, 0.29) is 18.8 Å². The van der Waals surface area contributed by atoms with E-state index in [1.54, 1.807) is 0 Å². The SMILES string of the molecule is FC1(F)CCCC(CNCc2ccccc2Cl)C1. The molecule has 1 nitrogen and oxygen atoms in total. The molecule has 1 atom stereocenters. The van der Waals surface area contributed by atoms with Gasteiger partial charge in [-0.15, -0.1) is 0 Å². The summed E-state index contributed by atoms with van der Waals surface area (Å²) in [6, 6.07) is 7.60. The molecule has 100 valence electrons. The molecule has 0 amide bonds. The van der Waals surface area contributed by atoms with Crippen LogP contribution in [0.25, 0.3) is 0 Å². The van der Waals surface area contributed by atoms with Gasteiger partial charge in [0.15, 0.2) is 0 Å². The Morgan fingerprint density at radius 2 is 2.11 bits per heavy atom. The minimum absolute atomic E-state index is 0.0164. The summed E-state index contributed by atoms with van der Waals surface area (Å²) in [4.78, 5) is 0. The fraction of sp³-hybridized carbons (Fsp3) is 0.571. The van der Waals surface area contributed by atoms with E-state index >= 15 is 0 Å². The lowest BCUT2D eigenvalue weighted by atomic mass is 9.86. The second-order valence-corrected chi connectivity index (χ2v) is 5.45.